The fraction of sp³-hybridized carbons (Fsp3) is 0.500. The van der Waals surface area contributed by atoms with Gasteiger partial charge in [-0.05, 0) is 19.8 Å². The lowest BCUT2D eigenvalue weighted by Gasteiger charge is -2.10. The van der Waals surface area contributed by atoms with Crippen molar-refractivity contribution in [2.75, 3.05) is 12.4 Å². The molecule has 0 bridgehead atoms. The van der Waals surface area contributed by atoms with E-state index >= 15 is 0 Å². The molecule has 0 spiro atoms. The summed E-state index contributed by atoms with van der Waals surface area (Å²) in [4.78, 5) is 19.7. The Bertz CT molecular complexity index is 370. The van der Waals surface area contributed by atoms with Crippen molar-refractivity contribution < 1.29 is 4.79 Å². The molecule has 1 fully saturated rings. The summed E-state index contributed by atoms with van der Waals surface area (Å²) in [5, 5.41) is 5.77. The van der Waals surface area contributed by atoms with Crippen LogP contribution >= 0.6 is 0 Å². The fourth-order valence-electron chi connectivity index (χ4n) is 1.23. The highest BCUT2D eigenvalue weighted by molar-refractivity contribution is 5.92. The minimum Gasteiger partial charge on any atom is -0.372 e. The highest BCUT2D eigenvalue weighted by Gasteiger charge is 2.39. The summed E-state index contributed by atoms with van der Waals surface area (Å²) in [6, 6.07) is 0. The number of nitrogens with one attached hydrogen (secondary N) is 2. The Morgan fingerprint density at radius 2 is 2.13 bits per heavy atom. The van der Waals surface area contributed by atoms with Crippen LogP contribution in [0.15, 0.2) is 12.4 Å². The van der Waals surface area contributed by atoms with E-state index in [0.717, 1.165) is 12.8 Å². The molecule has 0 unspecified atom stereocenters. The Kier molecular flexibility index (Phi) is 2.30. The van der Waals surface area contributed by atoms with Crippen molar-refractivity contribution >= 4 is 11.7 Å². The lowest BCUT2D eigenvalue weighted by atomic mass is 10.3. The molecule has 1 aliphatic rings. The zero-order chi connectivity index (χ0) is 10.9. The van der Waals surface area contributed by atoms with Crippen molar-refractivity contribution in [1.29, 1.82) is 0 Å². The van der Waals surface area contributed by atoms with Crippen LogP contribution in [0.5, 0.6) is 0 Å². The predicted molar refractivity (Wildman–Crippen MR) is 56.7 cm³/mol. The van der Waals surface area contributed by atoms with Crippen molar-refractivity contribution in [2.45, 2.75) is 25.3 Å². The maximum absolute atomic E-state index is 11.7. The van der Waals surface area contributed by atoms with Crippen molar-refractivity contribution in [1.82, 2.24) is 15.3 Å². The number of hydrogen-bond acceptors (Lipinski definition) is 4. The van der Waals surface area contributed by atoms with Gasteiger partial charge in [0.15, 0.2) is 0 Å². The highest BCUT2D eigenvalue weighted by atomic mass is 16.2. The topological polar surface area (TPSA) is 66.9 Å². The monoisotopic (exact) mass is 206 g/mol. The van der Waals surface area contributed by atoms with Gasteiger partial charge < -0.3 is 10.6 Å². The molecule has 0 saturated heterocycles. The number of hydrogen-bond donors (Lipinski definition) is 2. The minimum absolute atomic E-state index is 0.0135. The number of carbonyl (C=O) groups excluding carboxylic acids is 1. The van der Waals surface area contributed by atoms with Crippen LogP contribution in [-0.4, -0.2) is 28.5 Å². The average molecular weight is 206 g/mol. The van der Waals surface area contributed by atoms with Crippen LogP contribution in [0.3, 0.4) is 0 Å². The Balaban J connectivity index is 2.05. The first-order valence-corrected chi connectivity index (χ1v) is 4.95. The van der Waals surface area contributed by atoms with Gasteiger partial charge in [-0.2, -0.15) is 0 Å². The molecule has 1 saturated carbocycles. The molecule has 0 atom stereocenters. The molecule has 2 rings (SSSR count). The average Bonchev–Trinajstić information content (AvgIpc) is 2.96. The highest BCUT2D eigenvalue weighted by Crippen LogP contribution is 2.34. The van der Waals surface area contributed by atoms with Crippen molar-refractivity contribution in [3.63, 3.8) is 0 Å². The standard InChI is InChI=1S/C10H14N4O/c1-10(3-4-10)14-9(15)7-5-13-8(11-2)6-12-7/h5-6H,3-4H2,1-2H3,(H,11,13)(H,14,15). The maximum atomic E-state index is 11.7. The number of rotatable bonds is 3. The molecule has 5 heteroatoms. The Labute approximate surface area is 88.3 Å². The first-order chi connectivity index (χ1) is 7.13. The van der Waals surface area contributed by atoms with E-state index in [4.69, 9.17) is 0 Å². The molecule has 0 aliphatic heterocycles. The summed E-state index contributed by atoms with van der Waals surface area (Å²) in [7, 11) is 1.76. The molecule has 1 aliphatic carbocycles. The number of anilines is 1. The van der Waals surface area contributed by atoms with Gasteiger partial charge in [-0.25, -0.2) is 9.97 Å². The number of amides is 1. The van der Waals surface area contributed by atoms with Gasteiger partial charge in [-0.15, -0.1) is 0 Å². The molecule has 1 amide bonds. The third-order valence-corrected chi connectivity index (χ3v) is 2.56. The van der Waals surface area contributed by atoms with E-state index in [1.165, 1.54) is 6.20 Å². The van der Waals surface area contributed by atoms with Crippen molar-refractivity contribution in [2.24, 2.45) is 0 Å². The van der Waals surface area contributed by atoms with Crippen molar-refractivity contribution in [3.8, 4) is 0 Å². The van der Waals surface area contributed by atoms with Crippen LogP contribution in [-0.2, 0) is 0 Å². The second-order valence-electron chi connectivity index (χ2n) is 4.05. The van der Waals surface area contributed by atoms with Crippen LogP contribution in [0.2, 0.25) is 0 Å². The van der Waals surface area contributed by atoms with Crippen LogP contribution in [0.25, 0.3) is 0 Å². The van der Waals surface area contributed by atoms with Crippen LogP contribution < -0.4 is 10.6 Å². The molecule has 15 heavy (non-hydrogen) atoms. The molecule has 0 aromatic carbocycles. The molecule has 5 nitrogen and oxygen atoms in total. The second-order valence-corrected chi connectivity index (χ2v) is 4.05. The third-order valence-electron chi connectivity index (χ3n) is 2.56. The summed E-state index contributed by atoms with van der Waals surface area (Å²) >= 11 is 0. The molecule has 1 aromatic heterocycles. The summed E-state index contributed by atoms with van der Waals surface area (Å²) in [5.74, 6) is 0.509. The molecule has 80 valence electrons. The van der Waals surface area contributed by atoms with Crippen LogP contribution in [0.4, 0.5) is 5.82 Å². The molecular weight excluding hydrogens is 192 g/mol. The van der Waals surface area contributed by atoms with Gasteiger partial charge in [0, 0.05) is 12.6 Å². The van der Waals surface area contributed by atoms with E-state index < -0.39 is 0 Å². The Morgan fingerprint density at radius 1 is 1.40 bits per heavy atom. The summed E-state index contributed by atoms with van der Waals surface area (Å²) in [5.41, 5.74) is 0.350. The van der Waals surface area contributed by atoms with Crippen LogP contribution in [0, 0.1) is 0 Å². The van der Waals surface area contributed by atoms with Gasteiger partial charge >= 0.3 is 0 Å². The summed E-state index contributed by atoms with van der Waals surface area (Å²) < 4.78 is 0. The van der Waals surface area contributed by atoms with E-state index in [-0.39, 0.29) is 11.4 Å². The quantitative estimate of drug-likeness (QED) is 0.767. The molecule has 2 N–H and O–H groups in total. The zero-order valence-electron chi connectivity index (χ0n) is 8.87. The molecule has 0 radical (unpaired) electrons. The van der Waals surface area contributed by atoms with Gasteiger partial charge in [-0.1, -0.05) is 0 Å². The van der Waals surface area contributed by atoms with Gasteiger partial charge in [-0.3, -0.25) is 4.79 Å². The number of nitrogens with zero attached hydrogens (tertiary/aromatic N) is 2. The predicted octanol–water partition coefficient (Wildman–Crippen LogP) is 0.801. The van der Waals surface area contributed by atoms with Crippen molar-refractivity contribution in [3.05, 3.63) is 18.1 Å². The number of carbonyl (C=O) groups is 1. The third kappa shape index (κ3) is 2.23. The normalized spacial score (nSPS) is 16.9. The van der Waals surface area contributed by atoms with E-state index in [2.05, 4.69) is 20.6 Å². The fourth-order valence-corrected chi connectivity index (χ4v) is 1.23. The van der Waals surface area contributed by atoms with E-state index in [0.29, 0.717) is 11.5 Å². The van der Waals surface area contributed by atoms with E-state index in [1.807, 2.05) is 6.92 Å². The first-order valence-electron chi connectivity index (χ1n) is 4.95. The summed E-state index contributed by atoms with van der Waals surface area (Å²) in [6.45, 7) is 2.03. The Hall–Kier alpha value is -1.65. The van der Waals surface area contributed by atoms with Crippen LogP contribution in [0.1, 0.15) is 30.3 Å². The largest absolute Gasteiger partial charge is 0.372 e. The lowest BCUT2D eigenvalue weighted by molar-refractivity contribution is 0.0930. The molecule has 1 aromatic rings. The molecule has 1 heterocycles. The SMILES string of the molecule is CNc1cnc(C(=O)NC2(C)CC2)cn1. The van der Waals surface area contributed by atoms with E-state index in [9.17, 15) is 4.79 Å². The van der Waals surface area contributed by atoms with E-state index in [1.54, 1.807) is 13.2 Å². The zero-order valence-corrected chi connectivity index (χ0v) is 8.87. The smallest absolute Gasteiger partial charge is 0.271 e. The summed E-state index contributed by atoms with van der Waals surface area (Å²) in [6.07, 6.45) is 5.11. The Morgan fingerprint density at radius 3 is 2.60 bits per heavy atom. The van der Waals surface area contributed by atoms with Gasteiger partial charge in [0.05, 0.1) is 12.4 Å². The van der Waals surface area contributed by atoms with Gasteiger partial charge in [0.2, 0.25) is 0 Å². The second kappa shape index (κ2) is 3.49. The first kappa shape index (κ1) is 9.89. The number of aromatic nitrogens is 2. The minimum atomic E-state index is -0.148. The molecular formula is C10H14N4O. The van der Waals surface area contributed by atoms with Gasteiger partial charge in [0.25, 0.3) is 5.91 Å². The maximum Gasteiger partial charge on any atom is 0.271 e. The lowest BCUT2D eigenvalue weighted by Crippen LogP contribution is -2.34. The van der Waals surface area contributed by atoms with Gasteiger partial charge in [0.1, 0.15) is 11.5 Å².